The molecule has 3 aromatic rings. The van der Waals surface area contributed by atoms with Crippen LogP contribution in [0.2, 0.25) is 0 Å². The van der Waals surface area contributed by atoms with Crippen molar-refractivity contribution in [1.82, 2.24) is 14.9 Å². The number of thioether (sulfide) groups is 1. The molecule has 1 heterocycles. The summed E-state index contributed by atoms with van der Waals surface area (Å²) in [5.41, 5.74) is 8.89. The first-order valence-corrected chi connectivity index (χ1v) is 8.30. The van der Waals surface area contributed by atoms with Crippen molar-refractivity contribution >= 4 is 34.7 Å². The van der Waals surface area contributed by atoms with Gasteiger partial charge in [-0.2, -0.15) is 0 Å². The molecular weight excluding hydrogens is 324 g/mol. The highest BCUT2D eigenvalue weighted by molar-refractivity contribution is 7.99. The van der Waals surface area contributed by atoms with E-state index in [0.29, 0.717) is 5.16 Å². The largest absolute Gasteiger partial charge is 0.351 e. The average Bonchev–Trinajstić information content (AvgIpc) is 2.91. The number of carbonyl (C=O) groups is 2. The number of primary amides is 1. The molecule has 0 unspecified atom stereocenters. The van der Waals surface area contributed by atoms with Crippen molar-refractivity contribution in [3.8, 4) is 5.69 Å². The van der Waals surface area contributed by atoms with Gasteiger partial charge in [0.2, 0.25) is 5.91 Å². The lowest BCUT2D eigenvalue weighted by molar-refractivity contribution is -0.117. The molecule has 0 aliphatic rings. The fourth-order valence-electron chi connectivity index (χ4n) is 2.35. The number of aryl methyl sites for hydroxylation is 1. The van der Waals surface area contributed by atoms with E-state index >= 15 is 0 Å². The van der Waals surface area contributed by atoms with Gasteiger partial charge in [-0.1, -0.05) is 41.6 Å². The van der Waals surface area contributed by atoms with Gasteiger partial charge >= 0.3 is 6.03 Å². The molecule has 0 aliphatic heterocycles. The molecule has 3 N–H and O–H groups in total. The van der Waals surface area contributed by atoms with E-state index in [-0.39, 0.29) is 5.75 Å². The van der Waals surface area contributed by atoms with Crippen molar-refractivity contribution in [3.05, 3.63) is 54.1 Å². The number of fused-ring (bicyclic) bond motifs is 1. The molecule has 7 heteroatoms. The summed E-state index contributed by atoms with van der Waals surface area (Å²) in [6.07, 6.45) is 0. The maximum Gasteiger partial charge on any atom is 0.318 e. The molecular formula is C17H16N4O2S. The lowest BCUT2D eigenvalue weighted by atomic mass is 10.2. The van der Waals surface area contributed by atoms with E-state index in [4.69, 9.17) is 5.73 Å². The summed E-state index contributed by atoms with van der Waals surface area (Å²) in [7, 11) is 0. The quantitative estimate of drug-likeness (QED) is 0.714. The van der Waals surface area contributed by atoms with E-state index in [2.05, 4.69) is 10.3 Å². The average molecular weight is 340 g/mol. The number of benzene rings is 2. The third-order valence-electron chi connectivity index (χ3n) is 3.42. The molecule has 24 heavy (non-hydrogen) atoms. The van der Waals surface area contributed by atoms with Crippen LogP contribution in [-0.2, 0) is 4.79 Å². The SMILES string of the molecule is Cc1ccc(-n2c(SCC(=O)NC(N)=O)nc3ccccc32)cc1. The Morgan fingerprint density at radius 3 is 2.58 bits per heavy atom. The predicted octanol–water partition coefficient (Wildman–Crippen LogP) is 2.62. The summed E-state index contributed by atoms with van der Waals surface area (Å²) in [6.45, 7) is 2.03. The number of hydrogen-bond acceptors (Lipinski definition) is 4. The van der Waals surface area contributed by atoms with E-state index in [9.17, 15) is 9.59 Å². The monoisotopic (exact) mass is 340 g/mol. The minimum absolute atomic E-state index is 0.0537. The van der Waals surface area contributed by atoms with Gasteiger partial charge in [0.15, 0.2) is 5.16 Å². The summed E-state index contributed by atoms with van der Waals surface area (Å²) < 4.78 is 2.00. The summed E-state index contributed by atoms with van der Waals surface area (Å²) in [4.78, 5) is 27.0. The lowest BCUT2D eigenvalue weighted by Crippen LogP contribution is -2.36. The van der Waals surface area contributed by atoms with E-state index in [1.807, 2.05) is 60.0 Å². The number of hydrogen-bond donors (Lipinski definition) is 2. The van der Waals surface area contributed by atoms with Gasteiger partial charge < -0.3 is 5.73 Å². The molecule has 3 amide bonds. The first-order chi connectivity index (χ1) is 11.5. The highest BCUT2D eigenvalue weighted by Crippen LogP contribution is 2.28. The topological polar surface area (TPSA) is 90.0 Å². The zero-order chi connectivity index (χ0) is 17.1. The van der Waals surface area contributed by atoms with Crippen molar-refractivity contribution in [2.24, 2.45) is 5.73 Å². The van der Waals surface area contributed by atoms with Crippen LogP contribution in [0, 0.1) is 6.92 Å². The zero-order valence-electron chi connectivity index (χ0n) is 13.0. The van der Waals surface area contributed by atoms with E-state index in [1.54, 1.807) is 0 Å². The van der Waals surface area contributed by atoms with E-state index in [0.717, 1.165) is 16.7 Å². The van der Waals surface area contributed by atoms with Crippen molar-refractivity contribution in [3.63, 3.8) is 0 Å². The van der Waals surface area contributed by atoms with Gasteiger partial charge in [-0.25, -0.2) is 9.78 Å². The van der Waals surface area contributed by atoms with Crippen LogP contribution in [0.4, 0.5) is 4.79 Å². The number of nitrogens with zero attached hydrogens (tertiary/aromatic N) is 2. The third kappa shape index (κ3) is 3.41. The number of nitrogens with one attached hydrogen (secondary N) is 1. The molecule has 0 saturated heterocycles. The van der Waals surface area contributed by atoms with Gasteiger partial charge in [0.1, 0.15) is 0 Å². The molecule has 0 spiro atoms. The molecule has 0 bridgehead atoms. The van der Waals surface area contributed by atoms with Crippen LogP contribution < -0.4 is 11.1 Å². The summed E-state index contributed by atoms with van der Waals surface area (Å²) >= 11 is 1.25. The molecule has 122 valence electrons. The molecule has 1 aromatic heterocycles. The predicted molar refractivity (Wildman–Crippen MR) is 94.3 cm³/mol. The molecule has 2 aromatic carbocycles. The fraction of sp³-hybridized carbons (Fsp3) is 0.118. The van der Waals surface area contributed by atoms with Gasteiger partial charge in [0.05, 0.1) is 16.8 Å². The normalized spacial score (nSPS) is 10.7. The maximum atomic E-state index is 11.7. The Labute approximate surface area is 143 Å². The number of nitrogens with two attached hydrogens (primary N) is 1. The van der Waals surface area contributed by atoms with Gasteiger partial charge in [0.25, 0.3) is 0 Å². The minimum atomic E-state index is -0.854. The molecule has 0 aliphatic carbocycles. The van der Waals surface area contributed by atoms with Crippen LogP contribution in [0.15, 0.2) is 53.7 Å². The Hall–Kier alpha value is -2.80. The number of rotatable bonds is 4. The highest BCUT2D eigenvalue weighted by atomic mass is 32.2. The molecule has 0 atom stereocenters. The summed E-state index contributed by atoms with van der Waals surface area (Å²) in [6, 6.07) is 15.0. The van der Waals surface area contributed by atoms with Crippen LogP contribution in [0.5, 0.6) is 0 Å². The molecule has 0 radical (unpaired) electrons. The van der Waals surface area contributed by atoms with Gasteiger partial charge in [-0.3, -0.25) is 14.7 Å². The Morgan fingerprint density at radius 2 is 1.88 bits per heavy atom. The Bertz CT molecular complexity index is 903. The lowest BCUT2D eigenvalue weighted by Gasteiger charge is -2.09. The second-order valence-electron chi connectivity index (χ2n) is 5.26. The number of carbonyl (C=O) groups excluding carboxylic acids is 2. The van der Waals surface area contributed by atoms with Crippen LogP contribution in [0.1, 0.15) is 5.56 Å². The van der Waals surface area contributed by atoms with Crippen molar-refractivity contribution < 1.29 is 9.59 Å². The fourth-order valence-corrected chi connectivity index (χ4v) is 3.18. The van der Waals surface area contributed by atoms with Crippen LogP contribution in [0.25, 0.3) is 16.7 Å². The highest BCUT2D eigenvalue weighted by Gasteiger charge is 2.14. The molecule has 0 fully saturated rings. The van der Waals surface area contributed by atoms with Gasteiger partial charge in [0, 0.05) is 5.69 Å². The maximum absolute atomic E-state index is 11.7. The zero-order valence-corrected chi connectivity index (χ0v) is 13.8. The smallest absolute Gasteiger partial charge is 0.318 e. The van der Waals surface area contributed by atoms with Crippen molar-refractivity contribution in [2.75, 3.05) is 5.75 Å². The standard InChI is InChI=1S/C17H16N4O2S/c1-11-6-8-12(9-7-11)21-14-5-3-2-4-13(14)19-17(21)24-10-15(22)20-16(18)23/h2-9H,10H2,1H3,(H3,18,20,22,23). The van der Waals surface area contributed by atoms with Gasteiger partial charge in [-0.15, -0.1) is 0 Å². The first kappa shape index (κ1) is 16.1. The number of imidazole rings is 1. The number of urea groups is 1. The number of aromatic nitrogens is 2. The van der Waals surface area contributed by atoms with Crippen molar-refractivity contribution in [1.29, 1.82) is 0 Å². The Balaban J connectivity index is 1.97. The Kier molecular flexibility index (Phi) is 4.52. The van der Waals surface area contributed by atoms with Crippen LogP contribution in [-0.4, -0.2) is 27.2 Å². The number of para-hydroxylation sites is 2. The van der Waals surface area contributed by atoms with Crippen LogP contribution in [0.3, 0.4) is 0 Å². The molecule has 6 nitrogen and oxygen atoms in total. The second kappa shape index (κ2) is 6.76. The van der Waals surface area contributed by atoms with E-state index in [1.165, 1.54) is 17.3 Å². The third-order valence-corrected chi connectivity index (χ3v) is 4.36. The summed E-state index contributed by atoms with van der Waals surface area (Å²) in [5.74, 6) is -0.395. The van der Waals surface area contributed by atoms with Crippen molar-refractivity contribution in [2.45, 2.75) is 12.1 Å². The number of amides is 3. The molecule has 0 saturated carbocycles. The van der Waals surface area contributed by atoms with E-state index < -0.39 is 11.9 Å². The minimum Gasteiger partial charge on any atom is -0.351 e. The van der Waals surface area contributed by atoms with Crippen LogP contribution >= 0.6 is 11.8 Å². The Morgan fingerprint density at radius 1 is 1.17 bits per heavy atom. The second-order valence-corrected chi connectivity index (χ2v) is 6.20. The molecule has 3 rings (SSSR count). The first-order valence-electron chi connectivity index (χ1n) is 7.31. The summed E-state index contributed by atoms with van der Waals surface area (Å²) in [5, 5.41) is 2.74. The number of imide groups is 1. The van der Waals surface area contributed by atoms with Gasteiger partial charge in [-0.05, 0) is 31.2 Å².